The molecule has 0 saturated heterocycles. The Balaban J connectivity index is 4.04. The van der Waals surface area contributed by atoms with Gasteiger partial charge in [-0.3, -0.25) is 0 Å². The van der Waals surface area contributed by atoms with Crippen LogP contribution in [0.4, 0.5) is 4.79 Å². The predicted octanol–water partition coefficient (Wildman–Crippen LogP) is 1.33. The van der Waals surface area contributed by atoms with Gasteiger partial charge in [-0.25, -0.2) is 9.59 Å². The molecule has 1 amide bonds. The first-order chi connectivity index (χ1) is 6.97. The van der Waals surface area contributed by atoms with E-state index < -0.39 is 18.1 Å². The maximum absolute atomic E-state index is 11.1. The van der Waals surface area contributed by atoms with Crippen LogP contribution in [0.25, 0.3) is 0 Å². The first kappa shape index (κ1) is 14.1. The molecule has 0 heterocycles. The van der Waals surface area contributed by atoms with E-state index >= 15 is 0 Å². The van der Waals surface area contributed by atoms with E-state index in [4.69, 9.17) is 9.84 Å². The summed E-state index contributed by atoms with van der Waals surface area (Å²) in [5.74, 6) is -0.358. The van der Waals surface area contributed by atoms with Gasteiger partial charge < -0.3 is 15.2 Å². The molecule has 0 aliphatic rings. The van der Waals surface area contributed by atoms with Gasteiger partial charge in [0.25, 0.3) is 0 Å². The topological polar surface area (TPSA) is 75.6 Å². The minimum Gasteiger partial charge on any atom is -0.480 e. The molecule has 0 radical (unpaired) electrons. The fraction of sp³-hybridized carbons (Fsp3) is 0.778. The van der Waals surface area contributed by atoms with Crippen LogP contribution in [-0.4, -0.2) is 41.3 Å². The van der Waals surface area contributed by atoms with E-state index in [1.165, 1.54) is 11.8 Å². The molecule has 0 aliphatic carbocycles. The van der Waals surface area contributed by atoms with E-state index in [2.05, 4.69) is 5.32 Å². The zero-order chi connectivity index (χ0) is 11.8. The van der Waals surface area contributed by atoms with Crippen molar-refractivity contribution in [2.45, 2.75) is 32.4 Å². The van der Waals surface area contributed by atoms with Crippen molar-refractivity contribution < 1.29 is 19.4 Å². The SMILES string of the molecule is CSCCC(NC(=O)OC(C)C)C(=O)O. The molecular weight excluding hydrogens is 218 g/mol. The second-order valence-electron chi connectivity index (χ2n) is 3.27. The number of thioether (sulfide) groups is 1. The van der Waals surface area contributed by atoms with Gasteiger partial charge in [-0.15, -0.1) is 0 Å². The average Bonchev–Trinajstić information content (AvgIpc) is 2.10. The quantitative estimate of drug-likeness (QED) is 0.726. The Hall–Kier alpha value is -0.910. The van der Waals surface area contributed by atoms with Gasteiger partial charge in [0.05, 0.1) is 6.10 Å². The number of hydrogen-bond donors (Lipinski definition) is 2. The Kier molecular flexibility index (Phi) is 6.94. The standard InChI is InChI=1S/C9H17NO4S/c1-6(2)14-9(13)10-7(8(11)12)4-5-15-3/h6-7H,4-5H2,1-3H3,(H,10,13)(H,11,12). The van der Waals surface area contributed by atoms with Crippen LogP contribution in [0.5, 0.6) is 0 Å². The lowest BCUT2D eigenvalue weighted by atomic mass is 10.2. The lowest BCUT2D eigenvalue weighted by Gasteiger charge is -2.15. The summed E-state index contributed by atoms with van der Waals surface area (Å²) in [6.07, 6.45) is 1.34. The van der Waals surface area contributed by atoms with E-state index in [0.717, 1.165) is 0 Å². The van der Waals surface area contributed by atoms with Gasteiger partial charge in [0.2, 0.25) is 0 Å². The third-order valence-corrected chi connectivity index (χ3v) is 2.19. The summed E-state index contributed by atoms with van der Waals surface area (Å²) in [6, 6.07) is -0.872. The van der Waals surface area contributed by atoms with Crippen LogP contribution >= 0.6 is 11.8 Å². The molecule has 88 valence electrons. The highest BCUT2D eigenvalue weighted by molar-refractivity contribution is 7.98. The van der Waals surface area contributed by atoms with Crippen molar-refractivity contribution in [1.82, 2.24) is 5.32 Å². The van der Waals surface area contributed by atoms with Crippen molar-refractivity contribution in [1.29, 1.82) is 0 Å². The minimum atomic E-state index is -1.04. The van der Waals surface area contributed by atoms with Crippen LogP contribution < -0.4 is 5.32 Å². The molecule has 0 saturated carbocycles. The third kappa shape index (κ3) is 7.07. The molecule has 0 aromatic heterocycles. The molecule has 0 bridgehead atoms. The average molecular weight is 235 g/mol. The lowest BCUT2D eigenvalue weighted by molar-refractivity contribution is -0.139. The Bertz CT molecular complexity index is 220. The predicted molar refractivity (Wildman–Crippen MR) is 59.2 cm³/mol. The van der Waals surface area contributed by atoms with Gasteiger partial charge >= 0.3 is 12.1 Å². The monoisotopic (exact) mass is 235 g/mol. The van der Waals surface area contributed by atoms with Gasteiger partial charge in [-0.05, 0) is 32.3 Å². The number of alkyl carbamates (subject to hydrolysis) is 1. The Labute approximate surface area is 93.6 Å². The molecule has 0 aromatic carbocycles. The molecule has 2 N–H and O–H groups in total. The number of rotatable bonds is 6. The summed E-state index contributed by atoms with van der Waals surface area (Å²) in [5.41, 5.74) is 0. The summed E-state index contributed by atoms with van der Waals surface area (Å²) in [4.78, 5) is 21.9. The first-order valence-electron chi connectivity index (χ1n) is 4.66. The Morgan fingerprint density at radius 1 is 1.47 bits per heavy atom. The highest BCUT2D eigenvalue weighted by Gasteiger charge is 2.20. The van der Waals surface area contributed by atoms with E-state index in [0.29, 0.717) is 12.2 Å². The second-order valence-corrected chi connectivity index (χ2v) is 4.26. The fourth-order valence-electron chi connectivity index (χ4n) is 0.883. The second kappa shape index (κ2) is 7.39. The summed E-state index contributed by atoms with van der Waals surface area (Å²) in [7, 11) is 0. The Morgan fingerprint density at radius 3 is 2.47 bits per heavy atom. The molecule has 6 heteroatoms. The summed E-state index contributed by atoms with van der Waals surface area (Å²) in [5, 5.41) is 11.1. The minimum absolute atomic E-state index is 0.250. The van der Waals surface area contributed by atoms with Crippen molar-refractivity contribution in [3.05, 3.63) is 0 Å². The van der Waals surface area contributed by atoms with Crippen LogP contribution in [0.1, 0.15) is 20.3 Å². The van der Waals surface area contributed by atoms with Crippen LogP contribution in [0.2, 0.25) is 0 Å². The molecule has 15 heavy (non-hydrogen) atoms. The van der Waals surface area contributed by atoms with Crippen molar-refractivity contribution in [3.63, 3.8) is 0 Å². The van der Waals surface area contributed by atoms with Crippen LogP contribution in [-0.2, 0) is 9.53 Å². The fourth-order valence-corrected chi connectivity index (χ4v) is 1.35. The van der Waals surface area contributed by atoms with Gasteiger partial charge in [0.15, 0.2) is 0 Å². The molecule has 1 unspecified atom stereocenters. The summed E-state index contributed by atoms with van der Waals surface area (Å²) in [6.45, 7) is 3.41. The van der Waals surface area contributed by atoms with Gasteiger partial charge in [0.1, 0.15) is 6.04 Å². The highest BCUT2D eigenvalue weighted by Crippen LogP contribution is 2.01. The van der Waals surface area contributed by atoms with Crippen molar-refractivity contribution in [3.8, 4) is 0 Å². The van der Waals surface area contributed by atoms with Crippen LogP contribution in [0.3, 0.4) is 0 Å². The number of carboxylic acids is 1. The Morgan fingerprint density at radius 2 is 2.07 bits per heavy atom. The normalized spacial score (nSPS) is 12.3. The molecule has 0 spiro atoms. The van der Waals surface area contributed by atoms with Gasteiger partial charge in [-0.1, -0.05) is 0 Å². The number of hydrogen-bond acceptors (Lipinski definition) is 4. The zero-order valence-electron chi connectivity index (χ0n) is 9.15. The van der Waals surface area contributed by atoms with E-state index in [1.807, 2.05) is 6.26 Å². The molecule has 0 rings (SSSR count). The number of carboxylic acid groups (broad SMARTS) is 1. The largest absolute Gasteiger partial charge is 0.480 e. The zero-order valence-corrected chi connectivity index (χ0v) is 9.97. The van der Waals surface area contributed by atoms with E-state index in [9.17, 15) is 9.59 Å². The van der Waals surface area contributed by atoms with E-state index in [1.54, 1.807) is 13.8 Å². The van der Waals surface area contributed by atoms with Crippen molar-refractivity contribution in [2.24, 2.45) is 0 Å². The summed E-state index contributed by atoms with van der Waals surface area (Å²) >= 11 is 1.53. The number of carbonyl (C=O) groups excluding carboxylic acids is 1. The molecular formula is C9H17NO4S. The van der Waals surface area contributed by atoms with Crippen LogP contribution in [0, 0.1) is 0 Å². The number of carbonyl (C=O) groups is 2. The molecule has 0 fully saturated rings. The first-order valence-corrected chi connectivity index (χ1v) is 6.05. The third-order valence-electron chi connectivity index (χ3n) is 1.54. The number of amides is 1. The van der Waals surface area contributed by atoms with Gasteiger partial charge in [0, 0.05) is 0 Å². The molecule has 1 atom stereocenters. The molecule has 0 aliphatic heterocycles. The number of ether oxygens (including phenoxy) is 1. The van der Waals surface area contributed by atoms with Crippen LogP contribution in [0.15, 0.2) is 0 Å². The molecule has 5 nitrogen and oxygen atoms in total. The summed E-state index contributed by atoms with van der Waals surface area (Å²) < 4.78 is 4.79. The highest BCUT2D eigenvalue weighted by atomic mass is 32.2. The van der Waals surface area contributed by atoms with Gasteiger partial charge in [-0.2, -0.15) is 11.8 Å². The molecule has 0 aromatic rings. The smallest absolute Gasteiger partial charge is 0.408 e. The maximum Gasteiger partial charge on any atom is 0.408 e. The number of nitrogens with one attached hydrogen (secondary N) is 1. The lowest BCUT2D eigenvalue weighted by Crippen LogP contribution is -2.42. The van der Waals surface area contributed by atoms with Crippen molar-refractivity contribution in [2.75, 3.05) is 12.0 Å². The number of aliphatic carboxylic acids is 1. The maximum atomic E-state index is 11.1. The van der Waals surface area contributed by atoms with E-state index in [-0.39, 0.29) is 6.10 Å². The van der Waals surface area contributed by atoms with Crippen molar-refractivity contribution >= 4 is 23.8 Å².